The van der Waals surface area contributed by atoms with Gasteiger partial charge in [-0.2, -0.15) is 35.0 Å². The molecule has 0 spiro atoms. The van der Waals surface area contributed by atoms with Gasteiger partial charge in [0.15, 0.2) is 0 Å². The van der Waals surface area contributed by atoms with Crippen molar-refractivity contribution in [2.75, 3.05) is 0 Å². The second-order valence-electron chi connectivity index (χ2n) is 8.72. The molecule has 2 heteroatoms. The molecule has 0 N–H and O–H groups in total. The first-order valence-corrected chi connectivity index (χ1v) is 14.1. The van der Waals surface area contributed by atoms with Crippen LogP contribution in [0.3, 0.4) is 0 Å². The predicted octanol–water partition coefficient (Wildman–Crippen LogP) is 9.30. The summed E-state index contributed by atoms with van der Waals surface area (Å²) in [5.74, 6) is 0. The maximum atomic E-state index is 2.28. The Morgan fingerprint density at radius 3 is 1.57 bits per heavy atom. The Morgan fingerprint density at radius 2 is 1.03 bits per heavy atom. The van der Waals surface area contributed by atoms with E-state index in [2.05, 4.69) is 122 Å². The van der Waals surface area contributed by atoms with E-state index in [9.17, 15) is 0 Å². The van der Waals surface area contributed by atoms with E-state index in [4.69, 9.17) is 0 Å². The maximum absolute atomic E-state index is 2.28. The van der Waals surface area contributed by atoms with Crippen LogP contribution in [0.5, 0.6) is 0 Å². The molecule has 0 aromatic heterocycles. The minimum Gasteiger partial charge on any atom is -0.168 e. The molecule has 0 aliphatic carbocycles. The number of rotatable bonds is 9. The number of benzene rings is 3. The van der Waals surface area contributed by atoms with Crippen LogP contribution in [-0.2, 0) is 25.8 Å². The van der Waals surface area contributed by atoms with E-state index in [1.54, 1.807) is 0 Å². The predicted molar refractivity (Wildman–Crippen MR) is 154 cm³/mol. The molecule has 0 bridgehead atoms. The zero-order valence-electron chi connectivity index (χ0n) is 21.1. The van der Waals surface area contributed by atoms with Crippen LogP contribution < -0.4 is 5.19 Å². The van der Waals surface area contributed by atoms with Crippen molar-refractivity contribution in [3.8, 4) is 0 Å². The quantitative estimate of drug-likeness (QED) is 0.0856. The van der Waals surface area contributed by atoms with Gasteiger partial charge in [-0.15, -0.1) is 59.3 Å². The van der Waals surface area contributed by atoms with Gasteiger partial charge in [-0.25, -0.2) is 0 Å². The Bertz CT molecular complexity index is 1030. The van der Waals surface area contributed by atoms with Crippen LogP contribution in [-0.4, -0.2) is 9.52 Å². The fourth-order valence-electron chi connectivity index (χ4n) is 4.01. The zero-order valence-corrected chi connectivity index (χ0v) is 25.7. The molecule has 35 heavy (non-hydrogen) atoms. The molecule has 0 saturated carbocycles. The van der Waals surface area contributed by atoms with Crippen LogP contribution >= 0.6 is 0 Å². The van der Waals surface area contributed by atoms with E-state index < -0.39 is 0 Å². The number of unbranched alkanes of at least 4 members (excludes halogenated alkanes) is 6. The van der Waals surface area contributed by atoms with Crippen LogP contribution in [0, 0.1) is 0 Å². The number of hydrogen-bond acceptors (Lipinski definition) is 0. The monoisotopic (exact) mass is 642 g/mol. The molecule has 5 aromatic rings. The SMILES string of the molecule is CCCCCCCCC[Si]c1ccccc1.[Hf].c1ccc2[cH-]ccc2c1.c1ccc2[cH-]ccc2c1. The average Bonchev–Trinajstić information content (AvgIpc) is 3.57. The van der Waals surface area contributed by atoms with Gasteiger partial charge in [-0.1, -0.05) is 106 Å². The summed E-state index contributed by atoms with van der Waals surface area (Å²) >= 11 is 0. The second kappa shape index (κ2) is 18.3. The van der Waals surface area contributed by atoms with Gasteiger partial charge in [0, 0.05) is 25.8 Å². The largest absolute Gasteiger partial charge is 0.168 e. The minimum absolute atomic E-state index is 0. The van der Waals surface area contributed by atoms with Gasteiger partial charge < -0.3 is 0 Å². The van der Waals surface area contributed by atoms with Crippen LogP contribution in [0.4, 0.5) is 0 Å². The minimum atomic E-state index is 0. The van der Waals surface area contributed by atoms with Crippen LogP contribution in [0.2, 0.25) is 6.04 Å². The van der Waals surface area contributed by atoms with Crippen molar-refractivity contribution in [1.29, 1.82) is 0 Å². The van der Waals surface area contributed by atoms with Crippen molar-refractivity contribution in [3.05, 3.63) is 115 Å². The number of hydrogen-bond donors (Lipinski definition) is 0. The second-order valence-corrected chi connectivity index (χ2v) is 10.2. The average molecular weight is 641 g/mol. The summed E-state index contributed by atoms with van der Waals surface area (Å²) in [6.07, 6.45) is 9.96. The fraction of sp³-hybridized carbons (Fsp3) is 0.273. The van der Waals surface area contributed by atoms with Gasteiger partial charge in [0.25, 0.3) is 0 Å². The van der Waals surface area contributed by atoms with E-state index in [0.29, 0.717) is 0 Å². The van der Waals surface area contributed by atoms with Crippen LogP contribution in [0.15, 0.2) is 115 Å². The molecule has 0 nitrogen and oxygen atoms in total. The standard InChI is InChI=1S/C15H24Si.2C9H7.Hf/c1-2-3-4-5-6-7-11-14-16-15-12-9-8-10-13-15;2*1-2-5-9-7-3-6-8(9)4-1;/h8-10,12-13H,2-7,11,14H2,1H3;2*1-7H;/q;2*-1;. The van der Waals surface area contributed by atoms with E-state index in [0.717, 1.165) is 9.52 Å². The van der Waals surface area contributed by atoms with Crippen molar-refractivity contribution in [2.24, 2.45) is 0 Å². The molecule has 0 aliphatic heterocycles. The van der Waals surface area contributed by atoms with E-state index >= 15 is 0 Å². The normalized spacial score (nSPS) is 10.1. The van der Waals surface area contributed by atoms with Crippen molar-refractivity contribution in [1.82, 2.24) is 0 Å². The third-order valence-corrected chi connectivity index (χ3v) is 7.32. The Hall–Kier alpha value is -2.03. The third-order valence-electron chi connectivity index (χ3n) is 5.98. The summed E-state index contributed by atoms with van der Waals surface area (Å²) in [6.45, 7) is 2.28. The first-order valence-electron chi connectivity index (χ1n) is 12.9. The number of fused-ring (bicyclic) bond motifs is 2. The summed E-state index contributed by atoms with van der Waals surface area (Å²) in [4.78, 5) is 0. The molecule has 0 fully saturated rings. The molecule has 5 rings (SSSR count). The Morgan fingerprint density at radius 1 is 0.543 bits per heavy atom. The van der Waals surface area contributed by atoms with Gasteiger partial charge in [-0.3, -0.25) is 0 Å². The van der Waals surface area contributed by atoms with Gasteiger partial charge in [0.1, 0.15) is 0 Å². The summed E-state index contributed by atoms with van der Waals surface area (Å²) in [5.41, 5.74) is 0. The molecule has 0 unspecified atom stereocenters. The van der Waals surface area contributed by atoms with Gasteiger partial charge in [0.2, 0.25) is 0 Å². The van der Waals surface area contributed by atoms with Gasteiger partial charge in [0.05, 0.1) is 9.52 Å². The van der Waals surface area contributed by atoms with Crippen molar-refractivity contribution in [3.63, 3.8) is 0 Å². The van der Waals surface area contributed by atoms with Crippen molar-refractivity contribution >= 4 is 36.3 Å². The molecule has 0 saturated heterocycles. The van der Waals surface area contributed by atoms with Gasteiger partial charge >= 0.3 is 0 Å². The summed E-state index contributed by atoms with van der Waals surface area (Å²) in [5, 5.41) is 6.85. The molecule has 0 aliphatic rings. The third kappa shape index (κ3) is 11.5. The molecule has 5 aromatic carbocycles. The first-order chi connectivity index (χ1) is 16.9. The Balaban J connectivity index is 0.000000193. The van der Waals surface area contributed by atoms with E-state index in [1.807, 2.05) is 0 Å². The Labute approximate surface area is 234 Å². The van der Waals surface area contributed by atoms with Crippen molar-refractivity contribution in [2.45, 2.75) is 57.9 Å². The van der Waals surface area contributed by atoms with E-state index in [1.165, 1.54) is 77.7 Å². The molecule has 0 atom stereocenters. The first kappa shape index (κ1) is 29.2. The maximum Gasteiger partial charge on any atom is 0.0807 e. The molecular weight excluding hydrogens is 603 g/mol. The zero-order chi connectivity index (χ0) is 23.7. The summed E-state index contributed by atoms with van der Waals surface area (Å²) < 4.78 is 0. The van der Waals surface area contributed by atoms with E-state index in [-0.39, 0.29) is 25.8 Å². The smallest absolute Gasteiger partial charge is 0.0807 e. The van der Waals surface area contributed by atoms with Gasteiger partial charge in [-0.05, 0) is 0 Å². The van der Waals surface area contributed by atoms with Crippen LogP contribution in [0.1, 0.15) is 51.9 Å². The molecule has 0 heterocycles. The fourth-order valence-corrected chi connectivity index (χ4v) is 5.15. The molecular formula is C33H38HfSi-2. The van der Waals surface area contributed by atoms with Crippen LogP contribution in [0.25, 0.3) is 21.5 Å². The molecule has 2 radical (unpaired) electrons. The topological polar surface area (TPSA) is 0 Å². The Kier molecular flexibility index (Phi) is 15.2. The summed E-state index contributed by atoms with van der Waals surface area (Å²) in [6, 6.07) is 41.6. The molecule has 180 valence electrons. The van der Waals surface area contributed by atoms with Crippen molar-refractivity contribution < 1.29 is 25.8 Å². The summed E-state index contributed by atoms with van der Waals surface area (Å²) in [7, 11) is 1.02. The molecule has 0 amide bonds.